The second-order valence-corrected chi connectivity index (χ2v) is 6.01. The number of aliphatic imine (C=N–C) groups is 1. The minimum absolute atomic E-state index is 0.0167. The monoisotopic (exact) mass is 349 g/mol. The maximum absolute atomic E-state index is 11.9. The maximum Gasteiger partial charge on any atom is 0.352 e. The van der Waals surface area contributed by atoms with Gasteiger partial charge in [-0.2, -0.15) is 4.98 Å². The molecule has 138 valence electrons. The average molecular weight is 349 g/mol. The molecule has 0 bridgehead atoms. The summed E-state index contributed by atoms with van der Waals surface area (Å²) in [6.07, 6.45) is 1.57. The van der Waals surface area contributed by atoms with Crippen LogP contribution in [0.25, 0.3) is 0 Å². The van der Waals surface area contributed by atoms with Gasteiger partial charge in [-0.05, 0) is 12.8 Å². The van der Waals surface area contributed by atoms with Crippen LogP contribution in [0.15, 0.2) is 11.2 Å². The standard InChI is InChI=1S/C17H27N5O3/c1-8-25-16(23)13(18)11(4)14(10(2)3)20-12-9-19-17(22(5)6)21-15(12)24-7/h9-11,18H,8H2,1-7H3. The number of carbonyl (C=O) groups is 1. The summed E-state index contributed by atoms with van der Waals surface area (Å²) in [6.45, 7) is 7.61. The summed E-state index contributed by atoms with van der Waals surface area (Å²) in [5.74, 6) is -0.254. The summed E-state index contributed by atoms with van der Waals surface area (Å²) in [4.78, 5) is 26.8. The quantitative estimate of drug-likeness (QED) is 0.571. The zero-order chi connectivity index (χ0) is 19.1. The minimum Gasteiger partial charge on any atom is -0.479 e. The van der Waals surface area contributed by atoms with E-state index in [4.69, 9.17) is 14.9 Å². The first kappa shape index (κ1) is 20.5. The van der Waals surface area contributed by atoms with Crippen molar-refractivity contribution in [2.24, 2.45) is 16.8 Å². The molecule has 1 aromatic heterocycles. The van der Waals surface area contributed by atoms with E-state index in [1.54, 1.807) is 24.9 Å². The molecule has 0 spiro atoms. The van der Waals surface area contributed by atoms with Gasteiger partial charge in [-0.3, -0.25) is 5.41 Å². The van der Waals surface area contributed by atoms with Crippen molar-refractivity contribution in [3.8, 4) is 5.88 Å². The van der Waals surface area contributed by atoms with Crippen LogP contribution >= 0.6 is 0 Å². The lowest BCUT2D eigenvalue weighted by molar-refractivity contribution is -0.135. The molecule has 0 radical (unpaired) electrons. The number of nitrogens with one attached hydrogen (secondary N) is 1. The van der Waals surface area contributed by atoms with Crippen molar-refractivity contribution in [1.29, 1.82) is 5.41 Å². The topological polar surface area (TPSA) is 101 Å². The second kappa shape index (κ2) is 9.10. The van der Waals surface area contributed by atoms with Gasteiger partial charge in [-0.1, -0.05) is 20.8 Å². The Labute approximate surface area is 148 Å². The molecule has 8 nitrogen and oxygen atoms in total. The molecule has 0 fully saturated rings. The first-order valence-corrected chi connectivity index (χ1v) is 8.15. The fourth-order valence-corrected chi connectivity index (χ4v) is 2.19. The predicted molar refractivity (Wildman–Crippen MR) is 98.4 cm³/mol. The highest BCUT2D eigenvalue weighted by Gasteiger charge is 2.25. The van der Waals surface area contributed by atoms with Crippen LogP contribution in [0.1, 0.15) is 27.7 Å². The van der Waals surface area contributed by atoms with Gasteiger partial charge in [0.05, 0.1) is 19.9 Å². The molecule has 1 N–H and O–H groups in total. The second-order valence-electron chi connectivity index (χ2n) is 6.01. The van der Waals surface area contributed by atoms with Crippen molar-refractivity contribution in [1.82, 2.24) is 9.97 Å². The first-order valence-electron chi connectivity index (χ1n) is 8.15. The molecule has 1 rings (SSSR count). The molecule has 8 heteroatoms. The Morgan fingerprint density at radius 1 is 1.36 bits per heavy atom. The molecule has 0 aliphatic heterocycles. The van der Waals surface area contributed by atoms with Gasteiger partial charge in [0.15, 0.2) is 0 Å². The van der Waals surface area contributed by atoms with Crippen LogP contribution in [0.2, 0.25) is 0 Å². The van der Waals surface area contributed by atoms with Gasteiger partial charge >= 0.3 is 5.97 Å². The molecule has 0 aliphatic rings. The SMILES string of the molecule is CCOC(=O)C(=N)C(C)C(=Nc1cnc(N(C)C)nc1OC)C(C)C. The Morgan fingerprint density at radius 3 is 2.48 bits per heavy atom. The molecule has 0 saturated carbocycles. The van der Waals surface area contributed by atoms with Gasteiger partial charge in [0, 0.05) is 25.7 Å². The molecule has 0 aliphatic carbocycles. The number of esters is 1. The third-order valence-corrected chi connectivity index (χ3v) is 3.53. The van der Waals surface area contributed by atoms with E-state index in [1.165, 1.54) is 7.11 Å². The van der Waals surface area contributed by atoms with Crippen LogP contribution in [0.4, 0.5) is 11.6 Å². The number of rotatable bonds is 8. The molecule has 1 aromatic rings. The summed E-state index contributed by atoms with van der Waals surface area (Å²) in [6, 6.07) is 0. The van der Waals surface area contributed by atoms with E-state index >= 15 is 0 Å². The molecule has 0 aromatic carbocycles. The highest BCUT2D eigenvalue weighted by molar-refractivity contribution is 6.40. The molecule has 1 atom stereocenters. The molecule has 25 heavy (non-hydrogen) atoms. The number of anilines is 1. The number of carbonyl (C=O) groups excluding carboxylic acids is 1. The van der Waals surface area contributed by atoms with Crippen molar-refractivity contribution in [2.75, 3.05) is 32.7 Å². The van der Waals surface area contributed by atoms with E-state index in [2.05, 4.69) is 15.0 Å². The van der Waals surface area contributed by atoms with Crippen molar-refractivity contribution in [3.05, 3.63) is 6.20 Å². The van der Waals surface area contributed by atoms with Crippen LogP contribution in [-0.4, -0.2) is 55.2 Å². The smallest absolute Gasteiger partial charge is 0.352 e. The summed E-state index contributed by atoms with van der Waals surface area (Å²) in [5.41, 5.74) is 0.997. The Hall–Kier alpha value is -2.51. The van der Waals surface area contributed by atoms with Gasteiger partial charge in [-0.15, -0.1) is 0 Å². The van der Waals surface area contributed by atoms with E-state index in [9.17, 15) is 4.79 Å². The largest absolute Gasteiger partial charge is 0.479 e. The molecule has 1 unspecified atom stereocenters. The molecular formula is C17H27N5O3. The number of nitrogens with zero attached hydrogens (tertiary/aromatic N) is 4. The number of hydrogen-bond donors (Lipinski definition) is 1. The Kier molecular flexibility index (Phi) is 7.47. The van der Waals surface area contributed by atoms with Crippen molar-refractivity contribution in [2.45, 2.75) is 27.7 Å². The van der Waals surface area contributed by atoms with E-state index in [-0.39, 0.29) is 18.2 Å². The summed E-state index contributed by atoms with van der Waals surface area (Å²) < 4.78 is 10.2. The molecule has 0 amide bonds. The maximum atomic E-state index is 11.9. The highest BCUT2D eigenvalue weighted by atomic mass is 16.5. The normalized spacial score (nSPS) is 12.7. The Balaban J connectivity index is 3.26. The third-order valence-electron chi connectivity index (χ3n) is 3.53. The van der Waals surface area contributed by atoms with Crippen LogP contribution < -0.4 is 9.64 Å². The Bertz CT molecular complexity index is 656. The first-order chi connectivity index (χ1) is 11.7. The van der Waals surface area contributed by atoms with Crippen molar-refractivity contribution < 1.29 is 14.3 Å². The zero-order valence-electron chi connectivity index (χ0n) is 16.0. The number of aromatic nitrogens is 2. The van der Waals surface area contributed by atoms with Crippen LogP contribution in [0.5, 0.6) is 5.88 Å². The van der Waals surface area contributed by atoms with Crippen molar-refractivity contribution >= 4 is 29.0 Å². The van der Waals surface area contributed by atoms with E-state index in [1.807, 2.05) is 27.9 Å². The number of methoxy groups -OCH3 is 1. The highest BCUT2D eigenvalue weighted by Crippen LogP contribution is 2.28. The fourth-order valence-electron chi connectivity index (χ4n) is 2.19. The van der Waals surface area contributed by atoms with Gasteiger partial charge in [-0.25, -0.2) is 14.8 Å². The van der Waals surface area contributed by atoms with Gasteiger partial charge in [0.1, 0.15) is 11.4 Å². The van der Waals surface area contributed by atoms with E-state index < -0.39 is 11.9 Å². The predicted octanol–water partition coefficient (Wildman–Crippen LogP) is 2.50. The minimum atomic E-state index is -0.630. The summed E-state index contributed by atoms with van der Waals surface area (Å²) >= 11 is 0. The zero-order valence-corrected chi connectivity index (χ0v) is 16.0. The van der Waals surface area contributed by atoms with Crippen LogP contribution in [0, 0.1) is 17.2 Å². The lowest BCUT2D eigenvalue weighted by Gasteiger charge is -2.19. The average Bonchev–Trinajstić information content (AvgIpc) is 2.58. The molecular weight excluding hydrogens is 322 g/mol. The van der Waals surface area contributed by atoms with Crippen LogP contribution in [0.3, 0.4) is 0 Å². The third kappa shape index (κ3) is 5.23. The van der Waals surface area contributed by atoms with Gasteiger partial charge in [0.25, 0.3) is 0 Å². The fraction of sp³-hybridized carbons (Fsp3) is 0.588. The van der Waals surface area contributed by atoms with Gasteiger partial charge < -0.3 is 14.4 Å². The number of hydrogen-bond acceptors (Lipinski definition) is 8. The summed E-state index contributed by atoms with van der Waals surface area (Å²) in [7, 11) is 5.18. The Morgan fingerprint density at radius 2 is 2.00 bits per heavy atom. The van der Waals surface area contributed by atoms with E-state index in [0.29, 0.717) is 23.2 Å². The number of ether oxygens (including phenoxy) is 2. The van der Waals surface area contributed by atoms with Gasteiger partial charge in [0.2, 0.25) is 11.8 Å². The summed E-state index contributed by atoms with van der Waals surface area (Å²) in [5, 5.41) is 8.06. The van der Waals surface area contributed by atoms with Crippen LogP contribution in [-0.2, 0) is 9.53 Å². The lowest BCUT2D eigenvalue weighted by atomic mass is 9.91. The van der Waals surface area contributed by atoms with Crippen molar-refractivity contribution in [3.63, 3.8) is 0 Å². The molecule has 0 saturated heterocycles. The molecule has 1 heterocycles. The lowest BCUT2D eigenvalue weighted by Crippen LogP contribution is -2.31. The van der Waals surface area contributed by atoms with E-state index in [0.717, 1.165) is 0 Å².